The fourth-order valence-electron chi connectivity index (χ4n) is 1.51. The van der Waals surface area contributed by atoms with Crippen LogP contribution in [0.5, 0.6) is 0 Å². The van der Waals surface area contributed by atoms with E-state index in [9.17, 15) is 9.59 Å². The third-order valence-electron chi connectivity index (χ3n) is 2.56. The lowest BCUT2D eigenvalue weighted by Gasteiger charge is -2.24. The zero-order valence-electron chi connectivity index (χ0n) is 11.3. The fourth-order valence-corrected chi connectivity index (χ4v) is 2.22. The van der Waals surface area contributed by atoms with Gasteiger partial charge in [-0.15, -0.1) is 11.3 Å². The predicted molar refractivity (Wildman–Crippen MR) is 74.4 cm³/mol. The Hall–Kier alpha value is -1.47. The third-order valence-corrected chi connectivity index (χ3v) is 3.43. The highest BCUT2D eigenvalue weighted by Crippen LogP contribution is 2.14. The van der Waals surface area contributed by atoms with Crippen LogP contribution in [0.2, 0.25) is 0 Å². The zero-order chi connectivity index (χ0) is 14.4. The Kier molecular flexibility index (Phi) is 5.91. The number of anilines is 1. The van der Waals surface area contributed by atoms with E-state index >= 15 is 0 Å². The van der Waals surface area contributed by atoms with Crippen molar-refractivity contribution in [2.75, 3.05) is 18.4 Å². The highest BCUT2D eigenvalue weighted by molar-refractivity contribution is 7.13. The van der Waals surface area contributed by atoms with Gasteiger partial charge in [0.2, 0.25) is 5.91 Å². The number of hydrogen-bond acceptors (Lipinski definition) is 5. The molecule has 0 saturated heterocycles. The van der Waals surface area contributed by atoms with Crippen LogP contribution in [-0.2, 0) is 9.59 Å². The maximum atomic E-state index is 11.8. The van der Waals surface area contributed by atoms with Crippen LogP contribution < -0.4 is 5.32 Å². The number of carboxylic acid groups (broad SMARTS) is 1. The molecule has 0 aliphatic heterocycles. The smallest absolute Gasteiger partial charge is 0.304 e. The van der Waals surface area contributed by atoms with Crippen molar-refractivity contribution < 1.29 is 14.7 Å². The van der Waals surface area contributed by atoms with Crippen LogP contribution in [0.3, 0.4) is 0 Å². The minimum Gasteiger partial charge on any atom is -0.481 e. The van der Waals surface area contributed by atoms with E-state index < -0.39 is 5.97 Å². The SMILES string of the molecule is Cc1csc(NC(=O)CN(CCC(=O)O)C(C)C)n1. The molecule has 1 aromatic rings. The van der Waals surface area contributed by atoms with Crippen molar-refractivity contribution in [1.82, 2.24) is 9.88 Å². The number of amides is 1. The fraction of sp³-hybridized carbons (Fsp3) is 0.583. The molecule has 1 aromatic heterocycles. The molecular formula is C12H19N3O3S. The molecule has 1 amide bonds. The summed E-state index contributed by atoms with van der Waals surface area (Å²) < 4.78 is 0. The summed E-state index contributed by atoms with van der Waals surface area (Å²) in [6.45, 7) is 6.26. The van der Waals surface area contributed by atoms with E-state index in [4.69, 9.17) is 5.11 Å². The first kappa shape index (κ1) is 15.6. The summed E-state index contributed by atoms with van der Waals surface area (Å²) in [6, 6.07) is 0.114. The maximum Gasteiger partial charge on any atom is 0.304 e. The second-order valence-corrected chi connectivity index (χ2v) is 5.41. The molecule has 19 heavy (non-hydrogen) atoms. The zero-order valence-corrected chi connectivity index (χ0v) is 12.2. The monoisotopic (exact) mass is 285 g/mol. The molecule has 0 saturated carbocycles. The van der Waals surface area contributed by atoms with Crippen LogP contribution in [0, 0.1) is 6.92 Å². The number of aromatic nitrogens is 1. The summed E-state index contributed by atoms with van der Waals surface area (Å²) in [5, 5.41) is 13.8. The van der Waals surface area contributed by atoms with Gasteiger partial charge in [-0.1, -0.05) is 0 Å². The van der Waals surface area contributed by atoms with Crippen LogP contribution >= 0.6 is 11.3 Å². The highest BCUT2D eigenvalue weighted by atomic mass is 32.1. The van der Waals surface area contributed by atoms with Gasteiger partial charge in [0.15, 0.2) is 5.13 Å². The molecule has 0 atom stereocenters. The molecule has 106 valence electrons. The van der Waals surface area contributed by atoms with Crippen molar-refractivity contribution in [2.24, 2.45) is 0 Å². The van der Waals surface area contributed by atoms with Crippen molar-refractivity contribution in [3.8, 4) is 0 Å². The molecule has 0 unspecified atom stereocenters. The van der Waals surface area contributed by atoms with Gasteiger partial charge in [-0.05, 0) is 20.8 Å². The molecule has 0 aromatic carbocycles. The number of thiazole rings is 1. The highest BCUT2D eigenvalue weighted by Gasteiger charge is 2.16. The van der Waals surface area contributed by atoms with E-state index in [-0.39, 0.29) is 24.9 Å². The van der Waals surface area contributed by atoms with Crippen LogP contribution in [0.1, 0.15) is 26.0 Å². The van der Waals surface area contributed by atoms with Crippen molar-refractivity contribution in [3.05, 3.63) is 11.1 Å². The van der Waals surface area contributed by atoms with Gasteiger partial charge in [-0.2, -0.15) is 0 Å². The second kappa shape index (κ2) is 7.20. The number of aryl methyl sites for hydroxylation is 1. The number of nitrogens with one attached hydrogen (secondary N) is 1. The van der Waals surface area contributed by atoms with Gasteiger partial charge in [-0.25, -0.2) is 4.98 Å². The van der Waals surface area contributed by atoms with E-state index in [2.05, 4.69) is 10.3 Å². The average molecular weight is 285 g/mol. The molecule has 0 aliphatic carbocycles. The lowest BCUT2D eigenvalue weighted by molar-refractivity contribution is -0.137. The molecule has 7 heteroatoms. The van der Waals surface area contributed by atoms with E-state index in [1.165, 1.54) is 11.3 Å². The Morgan fingerprint density at radius 2 is 2.21 bits per heavy atom. The minimum absolute atomic E-state index is 0.0296. The van der Waals surface area contributed by atoms with Crippen molar-refractivity contribution in [3.63, 3.8) is 0 Å². The summed E-state index contributed by atoms with van der Waals surface area (Å²) in [5.41, 5.74) is 0.867. The van der Waals surface area contributed by atoms with Gasteiger partial charge in [0.25, 0.3) is 0 Å². The Morgan fingerprint density at radius 3 is 2.68 bits per heavy atom. The molecule has 2 N–H and O–H groups in total. The van der Waals surface area contributed by atoms with Gasteiger partial charge in [0, 0.05) is 18.0 Å². The third kappa shape index (κ3) is 5.80. The molecule has 1 rings (SSSR count). The second-order valence-electron chi connectivity index (χ2n) is 4.55. The topological polar surface area (TPSA) is 82.5 Å². The molecule has 0 spiro atoms. The predicted octanol–water partition coefficient (Wildman–Crippen LogP) is 1.58. The molecule has 0 aliphatic rings. The van der Waals surface area contributed by atoms with E-state index in [1.54, 1.807) is 0 Å². The first-order valence-corrected chi connectivity index (χ1v) is 6.94. The summed E-state index contributed by atoms with van der Waals surface area (Å²) in [7, 11) is 0. The molecule has 0 bridgehead atoms. The van der Waals surface area contributed by atoms with Gasteiger partial charge < -0.3 is 10.4 Å². The standard InChI is InChI=1S/C12H19N3O3S/c1-8(2)15(5-4-11(17)18)6-10(16)14-12-13-9(3)7-19-12/h7-8H,4-6H2,1-3H3,(H,17,18)(H,13,14,16). The Morgan fingerprint density at radius 1 is 1.53 bits per heavy atom. The summed E-state index contributed by atoms with van der Waals surface area (Å²) >= 11 is 1.38. The van der Waals surface area contributed by atoms with Gasteiger partial charge in [0.1, 0.15) is 0 Å². The Bertz CT molecular complexity index is 445. The van der Waals surface area contributed by atoms with Crippen LogP contribution in [0.15, 0.2) is 5.38 Å². The number of hydrogen-bond donors (Lipinski definition) is 2. The van der Waals surface area contributed by atoms with Crippen LogP contribution in [0.4, 0.5) is 5.13 Å². The van der Waals surface area contributed by atoms with E-state index in [0.29, 0.717) is 11.7 Å². The Labute approximate surface area is 116 Å². The van der Waals surface area contributed by atoms with Crippen molar-refractivity contribution >= 4 is 28.3 Å². The van der Waals surface area contributed by atoms with Gasteiger partial charge in [0.05, 0.1) is 18.7 Å². The number of carbonyl (C=O) groups excluding carboxylic acids is 1. The molecule has 0 fully saturated rings. The Balaban J connectivity index is 2.49. The maximum absolute atomic E-state index is 11.8. The first-order chi connectivity index (χ1) is 8.88. The first-order valence-electron chi connectivity index (χ1n) is 6.06. The van der Waals surface area contributed by atoms with E-state index in [0.717, 1.165) is 5.69 Å². The van der Waals surface area contributed by atoms with Crippen LogP contribution in [-0.4, -0.2) is 46.0 Å². The molecule has 1 heterocycles. The summed E-state index contributed by atoms with van der Waals surface area (Å²) in [5.74, 6) is -1.03. The largest absolute Gasteiger partial charge is 0.481 e. The van der Waals surface area contributed by atoms with Crippen molar-refractivity contribution in [1.29, 1.82) is 0 Å². The summed E-state index contributed by atoms with van der Waals surface area (Å²) in [6.07, 6.45) is 0.0296. The van der Waals surface area contributed by atoms with Crippen LogP contribution in [0.25, 0.3) is 0 Å². The number of aliphatic carboxylic acids is 1. The number of carbonyl (C=O) groups is 2. The number of rotatable bonds is 7. The minimum atomic E-state index is -0.860. The van der Waals surface area contributed by atoms with Gasteiger partial charge >= 0.3 is 5.97 Å². The number of nitrogens with zero attached hydrogens (tertiary/aromatic N) is 2. The molecular weight excluding hydrogens is 266 g/mol. The lowest BCUT2D eigenvalue weighted by atomic mass is 10.3. The molecule has 0 radical (unpaired) electrons. The van der Waals surface area contributed by atoms with Gasteiger partial charge in [-0.3, -0.25) is 14.5 Å². The van der Waals surface area contributed by atoms with E-state index in [1.807, 2.05) is 31.1 Å². The lowest BCUT2D eigenvalue weighted by Crippen LogP contribution is -2.39. The molecule has 6 nitrogen and oxygen atoms in total. The normalized spacial score (nSPS) is 11.0. The van der Waals surface area contributed by atoms with Crippen molar-refractivity contribution in [2.45, 2.75) is 33.2 Å². The number of carboxylic acids is 1. The summed E-state index contributed by atoms with van der Waals surface area (Å²) in [4.78, 5) is 28.4. The quantitative estimate of drug-likeness (QED) is 0.794. The average Bonchev–Trinajstić information content (AvgIpc) is 2.69.